The summed E-state index contributed by atoms with van der Waals surface area (Å²) in [5.41, 5.74) is -1.45. The molecule has 0 amide bonds. The molecule has 2 heterocycles. The Kier molecular flexibility index (Phi) is 11.0. The first-order valence-corrected chi connectivity index (χ1v) is 13.9. The molecule has 1 N–H and O–H groups in total. The second-order valence-corrected chi connectivity index (χ2v) is 10.7. The first-order chi connectivity index (χ1) is 16.4. The first kappa shape index (κ1) is 29.6. The lowest BCUT2D eigenvalue weighted by Gasteiger charge is -2.34. The smallest absolute Gasteiger partial charge is 0.303 e. The molecule has 0 radical (unpaired) electrons. The van der Waals surface area contributed by atoms with E-state index in [2.05, 4.69) is 4.98 Å². The van der Waals surface area contributed by atoms with Crippen molar-refractivity contribution in [1.29, 1.82) is 0 Å². The normalized spacial score (nSPS) is 24.5. The average Bonchev–Trinajstić information content (AvgIpc) is 3.05. The van der Waals surface area contributed by atoms with Crippen LogP contribution in [0.25, 0.3) is 0 Å². The van der Waals surface area contributed by atoms with Crippen LogP contribution in [0.1, 0.15) is 58.2 Å². The van der Waals surface area contributed by atoms with Gasteiger partial charge in [0.05, 0.1) is 12.9 Å². The van der Waals surface area contributed by atoms with Crippen LogP contribution in [0.5, 0.6) is 0 Å². The molecule has 0 saturated carbocycles. The molecule has 35 heavy (non-hydrogen) atoms. The standard InChI is InChI=1S/C22H36N2O9S2/c1-6-8-10-29-13-22(14-31-35(5,27)28)18(30-11-9-7-2)17(32-16(4)25)20(33-22)24-12-15(3)19(26)23-21(24)34/h12,17-18,20H,6-11,13-14H2,1-5H3,(H,23,26,34)/t17-,18?,20+,22-/m0/s1. The van der Waals surface area contributed by atoms with Crippen LogP contribution in [-0.2, 0) is 38.0 Å². The summed E-state index contributed by atoms with van der Waals surface area (Å²) in [6.45, 7) is 7.06. The third kappa shape index (κ3) is 8.19. The molecular formula is C22H36N2O9S2. The van der Waals surface area contributed by atoms with E-state index >= 15 is 0 Å². The number of carbonyl (C=O) groups excluding carboxylic acids is 1. The van der Waals surface area contributed by atoms with Crippen molar-refractivity contribution >= 4 is 28.3 Å². The van der Waals surface area contributed by atoms with Gasteiger partial charge in [-0.05, 0) is 32.0 Å². The van der Waals surface area contributed by atoms with E-state index in [9.17, 15) is 18.0 Å². The van der Waals surface area contributed by atoms with Gasteiger partial charge in [-0.3, -0.25) is 23.3 Å². The minimum Gasteiger partial charge on any atom is -0.455 e. The summed E-state index contributed by atoms with van der Waals surface area (Å²) in [5.74, 6) is -0.591. The number of aromatic nitrogens is 2. The maximum Gasteiger partial charge on any atom is 0.303 e. The number of aryl methyl sites for hydroxylation is 1. The Morgan fingerprint density at radius 3 is 2.49 bits per heavy atom. The Morgan fingerprint density at radius 2 is 1.89 bits per heavy atom. The summed E-state index contributed by atoms with van der Waals surface area (Å²) >= 11 is 5.36. The third-order valence-electron chi connectivity index (χ3n) is 5.48. The molecule has 1 aromatic rings. The van der Waals surface area contributed by atoms with Gasteiger partial charge < -0.3 is 18.9 Å². The van der Waals surface area contributed by atoms with Gasteiger partial charge in [0.25, 0.3) is 15.7 Å². The summed E-state index contributed by atoms with van der Waals surface area (Å²) in [7, 11) is -3.85. The Morgan fingerprint density at radius 1 is 1.23 bits per heavy atom. The van der Waals surface area contributed by atoms with Crippen molar-refractivity contribution in [2.75, 3.05) is 32.7 Å². The van der Waals surface area contributed by atoms with Crippen molar-refractivity contribution in [2.24, 2.45) is 0 Å². The Labute approximate surface area is 211 Å². The van der Waals surface area contributed by atoms with E-state index in [0.29, 0.717) is 25.2 Å². The lowest BCUT2D eigenvalue weighted by atomic mass is 9.96. The summed E-state index contributed by atoms with van der Waals surface area (Å²) in [6, 6.07) is 0. The number of H-pyrrole nitrogens is 1. The molecule has 1 aliphatic rings. The highest BCUT2D eigenvalue weighted by Gasteiger charge is 2.59. The van der Waals surface area contributed by atoms with E-state index in [1.54, 1.807) is 6.92 Å². The van der Waals surface area contributed by atoms with Crippen molar-refractivity contribution in [2.45, 2.75) is 77.4 Å². The zero-order valence-electron chi connectivity index (χ0n) is 20.9. The highest BCUT2D eigenvalue weighted by Crippen LogP contribution is 2.42. The van der Waals surface area contributed by atoms with Crippen molar-refractivity contribution in [3.8, 4) is 0 Å². The van der Waals surface area contributed by atoms with E-state index in [0.717, 1.165) is 25.5 Å². The van der Waals surface area contributed by atoms with Crippen LogP contribution >= 0.6 is 12.2 Å². The van der Waals surface area contributed by atoms with Crippen molar-refractivity contribution in [3.63, 3.8) is 0 Å². The van der Waals surface area contributed by atoms with Gasteiger partial charge in [0.2, 0.25) is 0 Å². The van der Waals surface area contributed by atoms with Crippen LogP contribution < -0.4 is 5.56 Å². The number of esters is 1. The van der Waals surface area contributed by atoms with Gasteiger partial charge >= 0.3 is 5.97 Å². The third-order valence-corrected chi connectivity index (χ3v) is 6.34. The Bertz CT molecular complexity index is 1070. The van der Waals surface area contributed by atoms with Crippen molar-refractivity contribution in [3.05, 3.63) is 26.9 Å². The largest absolute Gasteiger partial charge is 0.455 e. The molecule has 1 saturated heterocycles. The van der Waals surface area contributed by atoms with Crippen LogP contribution in [-0.4, -0.2) is 74.4 Å². The molecular weight excluding hydrogens is 500 g/mol. The van der Waals surface area contributed by atoms with E-state index in [1.807, 2.05) is 13.8 Å². The van der Waals surface area contributed by atoms with Crippen LogP contribution in [0.2, 0.25) is 0 Å². The molecule has 0 bridgehead atoms. The number of rotatable bonds is 14. The van der Waals surface area contributed by atoms with Crippen LogP contribution in [0.3, 0.4) is 0 Å². The molecule has 200 valence electrons. The minimum absolute atomic E-state index is 0.0433. The number of hydrogen-bond donors (Lipinski definition) is 1. The van der Waals surface area contributed by atoms with Gasteiger partial charge in [-0.15, -0.1) is 0 Å². The molecule has 13 heteroatoms. The van der Waals surface area contributed by atoms with Crippen LogP contribution in [0, 0.1) is 11.7 Å². The molecule has 1 fully saturated rings. The Hall–Kier alpha value is -1.64. The van der Waals surface area contributed by atoms with Crippen molar-refractivity contribution < 1.29 is 36.3 Å². The zero-order valence-corrected chi connectivity index (χ0v) is 22.5. The highest BCUT2D eigenvalue weighted by atomic mass is 32.2. The molecule has 0 aliphatic carbocycles. The molecule has 11 nitrogen and oxygen atoms in total. The van der Waals surface area contributed by atoms with E-state index in [-0.39, 0.29) is 16.9 Å². The first-order valence-electron chi connectivity index (χ1n) is 11.6. The second kappa shape index (κ2) is 13.1. The predicted molar refractivity (Wildman–Crippen MR) is 130 cm³/mol. The number of nitrogens with zero attached hydrogens (tertiary/aromatic N) is 1. The molecule has 2 rings (SSSR count). The number of hydrogen-bond acceptors (Lipinski definition) is 10. The molecule has 1 aliphatic heterocycles. The van der Waals surface area contributed by atoms with Gasteiger partial charge in [0.1, 0.15) is 18.3 Å². The fourth-order valence-electron chi connectivity index (χ4n) is 3.70. The van der Waals surface area contributed by atoms with Gasteiger partial charge in [0, 0.05) is 31.9 Å². The summed E-state index contributed by atoms with van der Waals surface area (Å²) in [4.78, 5) is 26.7. The fraction of sp³-hybridized carbons (Fsp3) is 0.773. The van der Waals surface area contributed by atoms with E-state index < -0.39 is 46.7 Å². The van der Waals surface area contributed by atoms with Crippen molar-refractivity contribution in [1.82, 2.24) is 9.55 Å². The molecule has 4 atom stereocenters. The molecule has 1 unspecified atom stereocenters. The topological polar surface area (TPSA) is 135 Å². The van der Waals surface area contributed by atoms with Gasteiger partial charge in [0.15, 0.2) is 17.1 Å². The molecule has 0 aromatic carbocycles. The van der Waals surface area contributed by atoms with Gasteiger partial charge in [-0.25, -0.2) is 0 Å². The lowest BCUT2D eigenvalue weighted by molar-refractivity contribution is -0.167. The SMILES string of the molecule is CCCCOC[C@@]1(COS(C)(=O)=O)O[C@@H](n2cc(C)c(=O)[nH]c2=S)[C@@H](OC(C)=O)C1OCCCC. The Balaban J connectivity index is 2.61. The van der Waals surface area contributed by atoms with Crippen LogP contribution in [0.15, 0.2) is 11.0 Å². The van der Waals surface area contributed by atoms with Crippen LogP contribution in [0.4, 0.5) is 0 Å². The number of ether oxygens (including phenoxy) is 4. The second-order valence-electron chi connectivity index (χ2n) is 8.64. The monoisotopic (exact) mass is 536 g/mol. The average molecular weight is 537 g/mol. The highest BCUT2D eigenvalue weighted by molar-refractivity contribution is 7.86. The number of unbranched alkanes of at least 4 members (excludes halogenated alkanes) is 2. The zero-order chi connectivity index (χ0) is 26.2. The maximum absolute atomic E-state index is 12.1. The summed E-state index contributed by atoms with van der Waals surface area (Å²) in [6.07, 6.45) is 2.66. The molecule has 1 aromatic heterocycles. The minimum atomic E-state index is -3.85. The fourth-order valence-corrected chi connectivity index (χ4v) is 4.36. The van der Waals surface area contributed by atoms with Gasteiger partial charge in [-0.2, -0.15) is 8.42 Å². The van der Waals surface area contributed by atoms with E-state index in [4.69, 9.17) is 35.3 Å². The summed E-state index contributed by atoms with van der Waals surface area (Å²) < 4.78 is 54.6. The molecule has 0 spiro atoms. The lowest BCUT2D eigenvalue weighted by Crippen LogP contribution is -2.53. The number of nitrogens with one attached hydrogen (secondary N) is 1. The summed E-state index contributed by atoms with van der Waals surface area (Å²) in [5, 5.41) is 0. The van der Waals surface area contributed by atoms with E-state index in [1.165, 1.54) is 17.7 Å². The predicted octanol–water partition coefficient (Wildman–Crippen LogP) is 2.39. The quantitative estimate of drug-likeness (QED) is 0.163. The maximum atomic E-state index is 12.1. The van der Waals surface area contributed by atoms with Gasteiger partial charge in [-0.1, -0.05) is 26.7 Å². The number of aromatic amines is 1. The number of carbonyl (C=O) groups is 1.